The van der Waals surface area contributed by atoms with Crippen LogP contribution in [0.25, 0.3) is 0 Å². The van der Waals surface area contributed by atoms with Gasteiger partial charge in [-0.15, -0.1) is 5.06 Å². The highest BCUT2D eigenvalue weighted by Crippen LogP contribution is 2.28. The van der Waals surface area contributed by atoms with Crippen molar-refractivity contribution in [2.24, 2.45) is 5.92 Å². The number of carbonyl (C=O) groups excluding carboxylic acids is 2. The number of likely N-dealkylation sites (tertiary alicyclic amines) is 1. The first kappa shape index (κ1) is 26.4. The number of hydroxylamine groups is 2. The Labute approximate surface area is 214 Å². The number of hydrogen-bond donors (Lipinski definition) is 2. The van der Waals surface area contributed by atoms with E-state index in [1.54, 1.807) is 5.06 Å². The molecule has 1 aliphatic carbocycles. The minimum Gasteiger partial charge on any atom is -0.379 e. The third kappa shape index (κ3) is 7.66. The van der Waals surface area contributed by atoms with Crippen molar-refractivity contribution in [2.75, 3.05) is 45.9 Å². The topological polar surface area (TPSA) is 107 Å². The quantitative estimate of drug-likeness (QED) is 0.540. The lowest BCUT2D eigenvalue weighted by molar-refractivity contribution is -0.147. The maximum Gasteiger partial charge on any atom is 0.426 e. The molecule has 2 atom stereocenters. The first-order chi connectivity index (χ1) is 17.5. The third-order valence-electron chi connectivity index (χ3n) is 7.57. The zero-order chi connectivity index (χ0) is 25.2. The lowest BCUT2D eigenvalue weighted by Gasteiger charge is -2.30. The van der Waals surface area contributed by atoms with E-state index in [0.717, 1.165) is 45.2 Å². The van der Waals surface area contributed by atoms with Crippen LogP contribution in [0.4, 0.5) is 4.79 Å². The highest BCUT2D eigenvalue weighted by Gasteiger charge is 2.41. The Balaban J connectivity index is 1.35. The van der Waals surface area contributed by atoms with Gasteiger partial charge in [0.15, 0.2) is 0 Å². The van der Waals surface area contributed by atoms with Crippen LogP contribution in [0, 0.1) is 17.2 Å². The van der Waals surface area contributed by atoms with E-state index >= 15 is 0 Å². The molecule has 0 aromatic heterocycles. The van der Waals surface area contributed by atoms with Gasteiger partial charge in [-0.1, -0.05) is 62.4 Å². The van der Waals surface area contributed by atoms with E-state index in [1.165, 1.54) is 12.0 Å². The summed E-state index contributed by atoms with van der Waals surface area (Å²) < 4.78 is 5.30. The molecule has 9 heteroatoms. The zero-order valence-corrected chi connectivity index (χ0v) is 21.1. The molecule has 196 valence electrons. The lowest BCUT2D eigenvalue weighted by Crippen LogP contribution is -2.57. The summed E-state index contributed by atoms with van der Waals surface area (Å²) >= 11 is 0. The SMILES string of the molecule is N#CC1(NC(=O)C(CC2CCCCC2)NC(=O)ON2CCOCC2)CCN(CCc2ccccc2)C1. The smallest absolute Gasteiger partial charge is 0.379 e. The first-order valence-corrected chi connectivity index (χ1v) is 13.4. The molecule has 2 aliphatic heterocycles. The number of amides is 2. The van der Waals surface area contributed by atoms with Gasteiger partial charge in [0.25, 0.3) is 0 Å². The van der Waals surface area contributed by atoms with E-state index in [-0.39, 0.29) is 5.91 Å². The Hall–Kier alpha value is -2.67. The molecule has 2 N–H and O–H groups in total. The molecule has 2 saturated heterocycles. The van der Waals surface area contributed by atoms with Gasteiger partial charge in [0, 0.05) is 19.6 Å². The summed E-state index contributed by atoms with van der Waals surface area (Å²) in [6.07, 6.45) is 7.02. The molecule has 2 unspecified atom stereocenters. The Morgan fingerprint density at radius 1 is 1.14 bits per heavy atom. The van der Waals surface area contributed by atoms with Crippen LogP contribution in [0.3, 0.4) is 0 Å². The molecule has 0 spiro atoms. The molecule has 1 saturated carbocycles. The molecule has 9 nitrogen and oxygen atoms in total. The summed E-state index contributed by atoms with van der Waals surface area (Å²) in [6, 6.07) is 11.9. The number of rotatable bonds is 9. The second kappa shape index (κ2) is 13.0. The molecule has 4 rings (SSSR count). The Bertz CT molecular complexity index is 895. The number of ether oxygens (including phenoxy) is 1. The van der Waals surface area contributed by atoms with Crippen molar-refractivity contribution in [2.45, 2.75) is 62.9 Å². The third-order valence-corrected chi connectivity index (χ3v) is 7.57. The van der Waals surface area contributed by atoms with Crippen molar-refractivity contribution in [1.82, 2.24) is 20.6 Å². The molecule has 36 heavy (non-hydrogen) atoms. The van der Waals surface area contributed by atoms with E-state index in [2.05, 4.69) is 33.7 Å². The number of benzene rings is 1. The average molecular weight is 498 g/mol. The van der Waals surface area contributed by atoms with Crippen molar-refractivity contribution in [3.63, 3.8) is 0 Å². The van der Waals surface area contributed by atoms with E-state index in [0.29, 0.717) is 51.6 Å². The predicted octanol–water partition coefficient (Wildman–Crippen LogP) is 2.63. The highest BCUT2D eigenvalue weighted by molar-refractivity contribution is 5.86. The minimum absolute atomic E-state index is 0.300. The molecule has 0 bridgehead atoms. The summed E-state index contributed by atoms with van der Waals surface area (Å²) in [7, 11) is 0. The molecule has 0 radical (unpaired) electrons. The van der Waals surface area contributed by atoms with Crippen LogP contribution in [0.2, 0.25) is 0 Å². The van der Waals surface area contributed by atoms with Gasteiger partial charge in [-0.2, -0.15) is 5.26 Å². The molecule has 2 heterocycles. The van der Waals surface area contributed by atoms with E-state index in [4.69, 9.17) is 9.57 Å². The molecule has 1 aromatic rings. The Kier molecular flexibility index (Phi) is 9.56. The molecule has 2 amide bonds. The van der Waals surface area contributed by atoms with E-state index in [1.807, 2.05) is 18.2 Å². The summed E-state index contributed by atoms with van der Waals surface area (Å²) in [5.74, 6) is 0.0770. The van der Waals surface area contributed by atoms with Crippen LogP contribution in [-0.2, 0) is 20.8 Å². The van der Waals surface area contributed by atoms with Gasteiger partial charge in [-0.05, 0) is 30.7 Å². The second-order valence-corrected chi connectivity index (χ2v) is 10.3. The zero-order valence-electron chi connectivity index (χ0n) is 21.1. The Morgan fingerprint density at radius 3 is 2.61 bits per heavy atom. The fourth-order valence-corrected chi connectivity index (χ4v) is 5.47. The van der Waals surface area contributed by atoms with Gasteiger partial charge in [-0.3, -0.25) is 9.69 Å². The van der Waals surface area contributed by atoms with Crippen LogP contribution in [0.15, 0.2) is 30.3 Å². The van der Waals surface area contributed by atoms with Crippen molar-refractivity contribution < 1.29 is 19.2 Å². The van der Waals surface area contributed by atoms with Gasteiger partial charge < -0.3 is 20.2 Å². The molecular weight excluding hydrogens is 458 g/mol. The van der Waals surface area contributed by atoms with E-state index < -0.39 is 17.7 Å². The van der Waals surface area contributed by atoms with Crippen molar-refractivity contribution >= 4 is 12.0 Å². The van der Waals surface area contributed by atoms with Crippen LogP contribution in [0.5, 0.6) is 0 Å². The van der Waals surface area contributed by atoms with Crippen LogP contribution in [0.1, 0.15) is 50.5 Å². The number of carbonyl (C=O) groups is 2. The normalized spacial score (nSPS) is 24.5. The van der Waals surface area contributed by atoms with Gasteiger partial charge >= 0.3 is 6.09 Å². The van der Waals surface area contributed by atoms with Crippen molar-refractivity contribution in [3.05, 3.63) is 35.9 Å². The maximum atomic E-state index is 13.5. The molecule has 1 aromatic carbocycles. The summed E-state index contributed by atoms with van der Waals surface area (Å²) in [5.41, 5.74) is 0.306. The molecule has 3 aliphatic rings. The van der Waals surface area contributed by atoms with Gasteiger partial charge in [0.2, 0.25) is 5.91 Å². The molecular formula is C27H39N5O4. The number of morpholine rings is 1. The number of nitrogens with zero attached hydrogens (tertiary/aromatic N) is 3. The van der Waals surface area contributed by atoms with Crippen LogP contribution >= 0.6 is 0 Å². The fourth-order valence-electron chi connectivity index (χ4n) is 5.47. The monoisotopic (exact) mass is 497 g/mol. The average Bonchev–Trinajstić information content (AvgIpc) is 3.32. The number of nitriles is 1. The largest absolute Gasteiger partial charge is 0.426 e. The van der Waals surface area contributed by atoms with Crippen molar-refractivity contribution in [1.29, 1.82) is 5.26 Å². The van der Waals surface area contributed by atoms with Gasteiger partial charge in [0.05, 0.1) is 32.4 Å². The Morgan fingerprint density at radius 2 is 1.89 bits per heavy atom. The second-order valence-electron chi connectivity index (χ2n) is 10.3. The number of nitrogens with one attached hydrogen (secondary N) is 2. The highest BCUT2D eigenvalue weighted by atomic mass is 16.7. The lowest BCUT2D eigenvalue weighted by atomic mass is 9.84. The molecule has 3 fully saturated rings. The summed E-state index contributed by atoms with van der Waals surface area (Å²) in [6.45, 7) is 4.08. The summed E-state index contributed by atoms with van der Waals surface area (Å²) in [5, 5.41) is 17.4. The summed E-state index contributed by atoms with van der Waals surface area (Å²) in [4.78, 5) is 33.8. The van der Waals surface area contributed by atoms with Gasteiger partial charge in [0.1, 0.15) is 11.6 Å². The van der Waals surface area contributed by atoms with Gasteiger partial charge in [-0.25, -0.2) is 4.79 Å². The maximum absolute atomic E-state index is 13.5. The fraction of sp³-hybridized carbons (Fsp3) is 0.667. The minimum atomic E-state index is -0.950. The predicted molar refractivity (Wildman–Crippen MR) is 135 cm³/mol. The van der Waals surface area contributed by atoms with Crippen LogP contribution in [-0.4, -0.2) is 79.5 Å². The van der Waals surface area contributed by atoms with Crippen LogP contribution < -0.4 is 10.6 Å². The standard InChI is InChI=1S/C27H39N5O4/c28-20-27(12-14-31(21-27)13-11-22-7-3-1-4-8-22)30-25(33)24(19-23-9-5-2-6-10-23)29-26(34)36-32-15-17-35-18-16-32/h1,3-4,7-8,23-24H,2,5-6,9-19,21H2,(H,29,34)(H,30,33). The first-order valence-electron chi connectivity index (χ1n) is 13.4. The van der Waals surface area contributed by atoms with Crippen molar-refractivity contribution in [3.8, 4) is 6.07 Å². The van der Waals surface area contributed by atoms with E-state index in [9.17, 15) is 14.9 Å². The number of hydrogen-bond acceptors (Lipinski definition) is 7.